The number of ether oxygens (including phenoxy) is 3. The molecule has 0 heterocycles. The van der Waals surface area contributed by atoms with Crippen LogP contribution in [0.3, 0.4) is 0 Å². The van der Waals surface area contributed by atoms with E-state index < -0.39 is 41.8 Å². The van der Waals surface area contributed by atoms with Crippen LogP contribution in [0.25, 0.3) is 0 Å². The van der Waals surface area contributed by atoms with Crippen LogP contribution >= 0.6 is 0 Å². The van der Waals surface area contributed by atoms with Crippen molar-refractivity contribution in [2.24, 2.45) is 11.8 Å². The lowest BCUT2D eigenvalue weighted by molar-refractivity contribution is -0.170. The average molecular weight is 365 g/mol. The fraction of sp³-hybridized carbons (Fsp3) is 0.444. The number of methoxy groups -OCH3 is 2. The molecule has 0 aliphatic rings. The molecule has 1 aromatic rings. The Kier molecular flexibility index (Phi) is 8.27. The molecule has 8 heteroatoms. The first-order valence-corrected chi connectivity index (χ1v) is 8.01. The van der Waals surface area contributed by atoms with Crippen LogP contribution in [0.4, 0.5) is 0 Å². The van der Waals surface area contributed by atoms with E-state index in [1.165, 1.54) is 0 Å². The van der Waals surface area contributed by atoms with Crippen molar-refractivity contribution in [2.75, 3.05) is 20.8 Å². The molecule has 0 bridgehead atoms. The van der Waals surface area contributed by atoms with Gasteiger partial charge in [0.05, 0.1) is 26.2 Å². The van der Waals surface area contributed by atoms with Gasteiger partial charge < -0.3 is 19.5 Å². The van der Waals surface area contributed by atoms with E-state index in [1.807, 2.05) is 0 Å². The van der Waals surface area contributed by atoms with Gasteiger partial charge in [0.2, 0.25) is 0 Å². The molecule has 0 saturated heterocycles. The third kappa shape index (κ3) is 5.87. The van der Waals surface area contributed by atoms with Gasteiger partial charge in [-0.1, -0.05) is 18.2 Å². The van der Waals surface area contributed by atoms with E-state index in [4.69, 9.17) is 4.74 Å². The Morgan fingerprint density at radius 3 is 1.92 bits per heavy atom. The van der Waals surface area contributed by atoms with Crippen molar-refractivity contribution in [1.82, 2.24) is 5.32 Å². The van der Waals surface area contributed by atoms with Crippen molar-refractivity contribution in [3.63, 3.8) is 0 Å². The summed E-state index contributed by atoms with van der Waals surface area (Å²) in [5.74, 6) is -6.00. The number of carbonyl (C=O) groups excluding carboxylic acids is 4. The summed E-state index contributed by atoms with van der Waals surface area (Å²) in [6.07, 6.45) is -0.467. The number of rotatable bonds is 8. The standard InChI is InChI=1S/C18H23NO7/c1-11(2)26-16(21)13(14(17(22)24-3)18(23)25-4)10-19-15(20)12-8-6-5-7-9-12/h5-9,11,13-14H,10H2,1-4H3,(H,19,20). The van der Waals surface area contributed by atoms with Crippen LogP contribution < -0.4 is 5.32 Å². The Labute approximate surface area is 151 Å². The van der Waals surface area contributed by atoms with Gasteiger partial charge in [0.1, 0.15) is 0 Å². The molecule has 1 amide bonds. The van der Waals surface area contributed by atoms with Crippen molar-refractivity contribution in [2.45, 2.75) is 20.0 Å². The summed E-state index contributed by atoms with van der Waals surface area (Å²) in [5, 5.41) is 2.54. The molecular weight excluding hydrogens is 342 g/mol. The molecule has 0 aliphatic heterocycles. The van der Waals surface area contributed by atoms with Gasteiger partial charge in [0.25, 0.3) is 5.91 Å². The highest BCUT2D eigenvalue weighted by atomic mass is 16.6. The molecule has 26 heavy (non-hydrogen) atoms. The van der Waals surface area contributed by atoms with E-state index in [0.29, 0.717) is 5.56 Å². The molecular formula is C18H23NO7. The summed E-state index contributed by atoms with van der Waals surface area (Å²) in [6.45, 7) is 2.96. The van der Waals surface area contributed by atoms with Crippen LogP contribution in [0.2, 0.25) is 0 Å². The second-order valence-corrected chi connectivity index (χ2v) is 5.69. The number of hydrogen-bond donors (Lipinski definition) is 1. The molecule has 1 aromatic carbocycles. The summed E-state index contributed by atoms with van der Waals surface area (Å²) in [7, 11) is 2.18. The highest BCUT2D eigenvalue weighted by Gasteiger charge is 2.42. The van der Waals surface area contributed by atoms with Crippen LogP contribution in [-0.4, -0.2) is 50.7 Å². The van der Waals surface area contributed by atoms with Crippen LogP contribution in [0.15, 0.2) is 30.3 Å². The second kappa shape index (κ2) is 10.2. The molecule has 1 unspecified atom stereocenters. The average Bonchev–Trinajstić information content (AvgIpc) is 2.63. The van der Waals surface area contributed by atoms with Gasteiger partial charge in [-0.2, -0.15) is 0 Å². The van der Waals surface area contributed by atoms with Crippen LogP contribution in [-0.2, 0) is 28.6 Å². The highest BCUT2D eigenvalue weighted by Crippen LogP contribution is 2.18. The molecule has 1 atom stereocenters. The normalized spacial score (nSPS) is 11.6. The van der Waals surface area contributed by atoms with E-state index >= 15 is 0 Å². The first-order valence-electron chi connectivity index (χ1n) is 8.01. The molecule has 1 rings (SSSR count). The Morgan fingerprint density at radius 2 is 1.46 bits per heavy atom. The number of hydrogen-bond acceptors (Lipinski definition) is 7. The lowest BCUT2D eigenvalue weighted by atomic mass is 9.91. The van der Waals surface area contributed by atoms with Crippen molar-refractivity contribution in [1.29, 1.82) is 0 Å². The van der Waals surface area contributed by atoms with Crippen LogP contribution in [0.5, 0.6) is 0 Å². The number of esters is 3. The van der Waals surface area contributed by atoms with E-state index in [0.717, 1.165) is 14.2 Å². The van der Waals surface area contributed by atoms with Gasteiger partial charge >= 0.3 is 17.9 Å². The van der Waals surface area contributed by atoms with Gasteiger partial charge in [0.15, 0.2) is 5.92 Å². The topological polar surface area (TPSA) is 108 Å². The summed E-state index contributed by atoms with van der Waals surface area (Å²) in [6, 6.07) is 8.31. The number of carbonyl (C=O) groups is 4. The second-order valence-electron chi connectivity index (χ2n) is 5.69. The molecule has 0 saturated carbocycles. The van der Waals surface area contributed by atoms with Gasteiger partial charge in [-0.3, -0.25) is 19.2 Å². The van der Waals surface area contributed by atoms with Crippen LogP contribution in [0.1, 0.15) is 24.2 Å². The maximum Gasteiger partial charge on any atom is 0.321 e. The number of amides is 1. The number of benzene rings is 1. The quantitative estimate of drug-likeness (QED) is 0.415. The van der Waals surface area contributed by atoms with Crippen LogP contribution in [0, 0.1) is 11.8 Å². The zero-order valence-electron chi connectivity index (χ0n) is 15.2. The zero-order valence-corrected chi connectivity index (χ0v) is 15.2. The Hall–Kier alpha value is -2.90. The molecule has 0 spiro atoms. The van der Waals surface area contributed by atoms with E-state index in [9.17, 15) is 19.2 Å². The van der Waals surface area contributed by atoms with Crippen molar-refractivity contribution in [3.8, 4) is 0 Å². The first-order chi connectivity index (χ1) is 12.3. The Balaban J connectivity index is 3.03. The minimum atomic E-state index is -1.55. The lowest BCUT2D eigenvalue weighted by Crippen LogP contribution is -2.45. The molecule has 0 aromatic heterocycles. The lowest BCUT2D eigenvalue weighted by Gasteiger charge is -2.23. The third-order valence-corrected chi connectivity index (χ3v) is 3.49. The SMILES string of the molecule is COC(=O)C(C(=O)OC)C(CNC(=O)c1ccccc1)C(=O)OC(C)C. The summed E-state index contributed by atoms with van der Waals surface area (Å²) in [5.41, 5.74) is 0.371. The summed E-state index contributed by atoms with van der Waals surface area (Å²) in [4.78, 5) is 48.6. The fourth-order valence-electron chi connectivity index (χ4n) is 2.23. The maximum atomic E-state index is 12.4. The molecule has 8 nitrogen and oxygen atoms in total. The molecule has 142 valence electrons. The summed E-state index contributed by atoms with van der Waals surface area (Å²) < 4.78 is 14.3. The smallest absolute Gasteiger partial charge is 0.321 e. The highest BCUT2D eigenvalue weighted by molar-refractivity contribution is 6.00. The Bertz CT molecular complexity index is 626. The van der Waals surface area contributed by atoms with E-state index in [-0.39, 0.29) is 6.54 Å². The van der Waals surface area contributed by atoms with Gasteiger partial charge in [-0.25, -0.2) is 0 Å². The minimum absolute atomic E-state index is 0.297. The zero-order chi connectivity index (χ0) is 19.7. The first kappa shape index (κ1) is 21.1. The predicted octanol–water partition coefficient (Wildman–Crippen LogP) is 0.946. The minimum Gasteiger partial charge on any atom is -0.468 e. The van der Waals surface area contributed by atoms with Gasteiger partial charge in [0, 0.05) is 12.1 Å². The largest absolute Gasteiger partial charge is 0.468 e. The molecule has 1 N–H and O–H groups in total. The summed E-state index contributed by atoms with van der Waals surface area (Å²) >= 11 is 0. The van der Waals surface area contributed by atoms with E-state index in [1.54, 1.807) is 44.2 Å². The fourth-order valence-corrected chi connectivity index (χ4v) is 2.23. The molecule has 0 fully saturated rings. The van der Waals surface area contributed by atoms with Crippen molar-refractivity contribution in [3.05, 3.63) is 35.9 Å². The predicted molar refractivity (Wildman–Crippen MR) is 91.0 cm³/mol. The third-order valence-electron chi connectivity index (χ3n) is 3.49. The number of nitrogens with one attached hydrogen (secondary N) is 1. The van der Waals surface area contributed by atoms with Gasteiger partial charge in [-0.05, 0) is 26.0 Å². The van der Waals surface area contributed by atoms with Gasteiger partial charge in [-0.15, -0.1) is 0 Å². The maximum absolute atomic E-state index is 12.4. The monoisotopic (exact) mass is 365 g/mol. The molecule has 0 aliphatic carbocycles. The van der Waals surface area contributed by atoms with Crippen molar-refractivity contribution < 1.29 is 33.4 Å². The van der Waals surface area contributed by atoms with Crippen molar-refractivity contribution >= 4 is 23.8 Å². The Morgan fingerprint density at radius 1 is 0.923 bits per heavy atom. The van der Waals surface area contributed by atoms with E-state index in [2.05, 4.69) is 14.8 Å². The molecule has 0 radical (unpaired) electrons.